The molecule has 1 aliphatic rings. The number of hydrogen-bond acceptors (Lipinski definition) is 6. The van der Waals surface area contributed by atoms with Gasteiger partial charge in [-0.1, -0.05) is 60.7 Å². The van der Waals surface area contributed by atoms with E-state index < -0.39 is 0 Å². The van der Waals surface area contributed by atoms with Crippen LogP contribution in [-0.4, -0.2) is 20.6 Å². The quantitative estimate of drug-likeness (QED) is 0.659. The summed E-state index contributed by atoms with van der Waals surface area (Å²) in [4.78, 5) is 0. The second-order valence-electron chi connectivity index (χ2n) is 5.99. The van der Waals surface area contributed by atoms with E-state index in [4.69, 9.17) is 0 Å². The number of thioether (sulfide) groups is 1. The zero-order chi connectivity index (χ0) is 17.8. The summed E-state index contributed by atoms with van der Waals surface area (Å²) in [6, 6.07) is 20.8. The minimum atomic E-state index is 0.713. The van der Waals surface area contributed by atoms with Crippen molar-refractivity contribution < 1.29 is 0 Å². The predicted molar refractivity (Wildman–Crippen MR) is 104 cm³/mol. The highest BCUT2D eigenvalue weighted by molar-refractivity contribution is 7.98. The van der Waals surface area contributed by atoms with E-state index in [0.717, 1.165) is 22.2 Å². The number of rotatable bonds is 6. The summed E-state index contributed by atoms with van der Waals surface area (Å²) in [5.41, 5.74) is 9.48. The van der Waals surface area contributed by atoms with Gasteiger partial charge in [0.25, 0.3) is 0 Å². The van der Waals surface area contributed by atoms with E-state index in [0.29, 0.717) is 6.54 Å². The molecular formula is C19H20N6S. The van der Waals surface area contributed by atoms with E-state index in [9.17, 15) is 0 Å². The molecule has 7 heteroatoms. The van der Waals surface area contributed by atoms with Gasteiger partial charge in [-0.05, 0) is 11.1 Å². The number of aryl methyl sites for hydroxylation is 1. The van der Waals surface area contributed by atoms with Crippen molar-refractivity contribution in [1.82, 2.24) is 25.9 Å². The van der Waals surface area contributed by atoms with Crippen LogP contribution in [-0.2, 0) is 19.3 Å². The van der Waals surface area contributed by atoms with Gasteiger partial charge < -0.3 is 0 Å². The number of hydrazone groups is 1. The first kappa shape index (κ1) is 16.7. The molecule has 2 heterocycles. The number of amidine groups is 1. The molecule has 0 amide bonds. The molecule has 132 valence electrons. The summed E-state index contributed by atoms with van der Waals surface area (Å²) in [7, 11) is 1.97. The number of nitrogens with one attached hydrogen (secondary N) is 2. The van der Waals surface area contributed by atoms with Crippen molar-refractivity contribution in [3.05, 3.63) is 83.6 Å². The minimum Gasteiger partial charge on any atom is -0.266 e. The molecule has 2 N–H and O–H groups in total. The molecule has 0 atom stereocenters. The third-order valence-electron chi connectivity index (χ3n) is 4.13. The van der Waals surface area contributed by atoms with E-state index in [1.54, 1.807) is 11.8 Å². The van der Waals surface area contributed by atoms with E-state index >= 15 is 0 Å². The van der Waals surface area contributed by atoms with Crippen LogP contribution in [0.25, 0.3) is 0 Å². The van der Waals surface area contributed by atoms with Crippen LogP contribution in [0.1, 0.15) is 16.7 Å². The Morgan fingerprint density at radius 2 is 1.65 bits per heavy atom. The van der Waals surface area contributed by atoms with Crippen LogP contribution in [0.4, 0.5) is 0 Å². The van der Waals surface area contributed by atoms with E-state index in [-0.39, 0.29) is 0 Å². The van der Waals surface area contributed by atoms with Crippen molar-refractivity contribution in [2.75, 3.05) is 0 Å². The summed E-state index contributed by atoms with van der Waals surface area (Å²) in [6.45, 7) is 0.713. The molecule has 6 nitrogen and oxygen atoms in total. The van der Waals surface area contributed by atoms with Crippen LogP contribution in [0.3, 0.4) is 0 Å². The molecule has 0 saturated carbocycles. The highest BCUT2D eigenvalue weighted by atomic mass is 32.2. The maximum atomic E-state index is 4.45. The van der Waals surface area contributed by atoms with Crippen molar-refractivity contribution in [3.63, 3.8) is 0 Å². The average molecular weight is 364 g/mol. The lowest BCUT2D eigenvalue weighted by Gasteiger charge is -2.19. The van der Waals surface area contributed by atoms with Crippen molar-refractivity contribution in [2.45, 2.75) is 17.3 Å². The number of nitrogens with zero attached hydrogens (tertiary/aromatic N) is 4. The fourth-order valence-electron chi connectivity index (χ4n) is 2.81. The molecule has 0 unspecified atom stereocenters. The van der Waals surface area contributed by atoms with Crippen molar-refractivity contribution in [2.24, 2.45) is 12.1 Å². The molecule has 0 spiro atoms. The molecule has 1 aromatic heterocycles. The Kier molecular flexibility index (Phi) is 4.90. The lowest BCUT2D eigenvalue weighted by atomic mass is 10.2. The van der Waals surface area contributed by atoms with Gasteiger partial charge in [0, 0.05) is 12.8 Å². The fourth-order valence-corrected chi connectivity index (χ4v) is 3.84. The van der Waals surface area contributed by atoms with Gasteiger partial charge in [-0.2, -0.15) is 5.10 Å². The average Bonchev–Trinajstić information content (AvgIpc) is 3.28. The highest BCUT2D eigenvalue weighted by Crippen LogP contribution is 2.27. The third kappa shape index (κ3) is 3.58. The summed E-state index contributed by atoms with van der Waals surface area (Å²) >= 11 is 1.77. The van der Waals surface area contributed by atoms with Crippen LogP contribution in [0.15, 0.2) is 77.0 Å². The number of aromatic nitrogens is 2. The Balaban J connectivity index is 1.53. The lowest BCUT2D eigenvalue weighted by Crippen LogP contribution is -2.40. The minimum absolute atomic E-state index is 0.713. The van der Waals surface area contributed by atoms with Gasteiger partial charge in [0.2, 0.25) is 0 Å². The molecule has 1 aliphatic heterocycles. The Labute approximate surface area is 156 Å². The van der Waals surface area contributed by atoms with Gasteiger partial charge in [-0.25, -0.2) is 5.53 Å². The molecule has 26 heavy (non-hydrogen) atoms. The van der Waals surface area contributed by atoms with Crippen LogP contribution in [0.2, 0.25) is 0 Å². The summed E-state index contributed by atoms with van der Waals surface area (Å²) < 4.78 is 1.91. The van der Waals surface area contributed by atoms with Gasteiger partial charge in [0.15, 0.2) is 5.84 Å². The summed E-state index contributed by atoms with van der Waals surface area (Å²) in [5.74, 6) is 1.73. The van der Waals surface area contributed by atoms with Crippen molar-refractivity contribution in [3.8, 4) is 0 Å². The molecule has 2 aromatic carbocycles. The molecule has 4 rings (SSSR count). The van der Waals surface area contributed by atoms with E-state index in [1.807, 2.05) is 47.2 Å². The van der Waals surface area contributed by atoms with Crippen LogP contribution in [0, 0.1) is 0 Å². The van der Waals surface area contributed by atoms with Gasteiger partial charge in [-0.15, -0.1) is 22.4 Å². The topological polar surface area (TPSA) is 57.5 Å². The largest absolute Gasteiger partial charge is 0.266 e. The number of benzene rings is 2. The van der Waals surface area contributed by atoms with E-state index in [2.05, 4.69) is 57.7 Å². The lowest BCUT2D eigenvalue weighted by molar-refractivity contribution is 0.288. The first-order valence-electron chi connectivity index (χ1n) is 8.40. The highest BCUT2D eigenvalue weighted by Gasteiger charge is 2.24. The standard InChI is InChI=1S/C19H20N6S/c1-24-19(26-14-16-10-6-3-7-11-16)17(12-20-24)18-21-22-23-25(18)13-15-8-4-2-5-9-15/h2-12,22-23H,13-14H2,1H3. The molecule has 0 radical (unpaired) electrons. The SMILES string of the molecule is Cn1ncc(C2=NNNN2Cc2ccccc2)c1SCc1ccccc1. The maximum Gasteiger partial charge on any atom is 0.177 e. The molecule has 0 fully saturated rings. The number of hydrogen-bond donors (Lipinski definition) is 2. The third-order valence-corrected chi connectivity index (χ3v) is 5.36. The zero-order valence-electron chi connectivity index (χ0n) is 14.5. The first-order chi connectivity index (χ1) is 12.8. The number of hydrazine groups is 2. The molecule has 3 aromatic rings. The van der Waals surface area contributed by atoms with Crippen molar-refractivity contribution in [1.29, 1.82) is 0 Å². The Hall–Kier alpha value is -2.77. The molecular weight excluding hydrogens is 344 g/mol. The van der Waals surface area contributed by atoms with Gasteiger partial charge in [0.05, 0.1) is 18.3 Å². The Morgan fingerprint density at radius 3 is 2.38 bits per heavy atom. The molecule has 0 aliphatic carbocycles. The Bertz CT molecular complexity index is 891. The summed E-state index contributed by atoms with van der Waals surface area (Å²) in [5, 5.41) is 12.0. The predicted octanol–water partition coefficient (Wildman–Crippen LogP) is 2.90. The summed E-state index contributed by atoms with van der Waals surface area (Å²) in [6.07, 6.45) is 1.87. The second kappa shape index (κ2) is 7.63. The van der Waals surface area contributed by atoms with Gasteiger partial charge in [0.1, 0.15) is 5.03 Å². The van der Waals surface area contributed by atoms with Crippen molar-refractivity contribution >= 4 is 17.6 Å². The monoisotopic (exact) mass is 364 g/mol. The first-order valence-corrected chi connectivity index (χ1v) is 9.39. The smallest absolute Gasteiger partial charge is 0.177 e. The fraction of sp³-hybridized carbons (Fsp3) is 0.158. The van der Waals surface area contributed by atoms with Gasteiger partial charge in [-0.3, -0.25) is 9.69 Å². The molecule has 0 saturated heterocycles. The normalized spacial score (nSPS) is 13.6. The molecule has 0 bridgehead atoms. The van der Waals surface area contributed by atoms with E-state index in [1.165, 1.54) is 11.1 Å². The second-order valence-corrected chi connectivity index (χ2v) is 6.96. The van der Waals surface area contributed by atoms with Crippen LogP contribution < -0.4 is 11.1 Å². The van der Waals surface area contributed by atoms with Gasteiger partial charge >= 0.3 is 0 Å². The zero-order valence-corrected chi connectivity index (χ0v) is 15.3. The Morgan fingerprint density at radius 1 is 0.962 bits per heavy atom. The maximum absolute atomic E-state index is 4.45. The van der Waals surface area contributed by atoms with Crippen LogP contribution >= 0.6 is 11.8 Å². The van der Waals surface area contributed by atoms with Crippen LogP contribution in [0.5, 0.6) is 0 Å².